The second-order valence-electron chi connectivity index (χ2n) is 6.12. The van der Waals surface area contributed by atoms with E-state index in [1.807, 2.05) is 44.2 Å². The number of carbonyl (C=O) groups is 1. The Bertz CT molecular complexity index is 625. The van der Waals surface area contributed by atoms with Crippen LogP contribution in [0.15, 0.2) is 54.6 Å². The number of carbonyl (C=O) groups excluding carboxylic acids is 1. The normalized spacial score (nSPS) is 13.2. The molecule has 0 saturated carbocycles. The van der Waals surface area contributed by atoms with E-state index in [4.69, 9.17) is 0 Å². The Morgan fingerprint density at radius 1 is 0.957 bits per heavy atom. The average Bonchev–Trinajstić information content (AvgIpc) is 2.54. The molecule has 0 aromatic heterocycles. The van der Waals surface area contributed by atoms with Gasteiger partial charge < -0.3 is 10.6 Å². The Labute approximate surface area is 139 Å². The molecule has 0 radical (unpaired) electrons. The number of hydrogen-bond acceptors (Lipinski definition) is 1. The first-order valence-electron chi connectivity index (χ1n) is 8.22. The zero-order chi connectivity index (χ0) is 16.7. The lowest BCUT2D eigenvalue weighted by atomic mass is 10.0. The third-order valence-corrected chi connectivity index (χ3v) is 4.09. The van der Waals surface area contributed by atoms with Crippen molar-refractivity contribution in [2.75, 3.05) is 0 Å². The molecule has 0 aliphatic rings. The molecule has 0 fully saturated rings. The van der Waals surface area contributed by atoms with E-state index in [1.165, 1.54) is 11.1 Å². The van der Waals surface area contributed by atoms with Crippen molar-refractivity contribution in [3.63, 3.8) is 0 Å². The van der Waals surface area contributed by atoms with Gasteiger partial charge in [0.05, 0.1) is 6.04 Å². The first-order valence-corrected chi connectivity index (χ1v) is 8.22. The molecule has 2 N–H and O–H groups in total. The van der Waals surface area contributed by atoms with Crippen LogP contribution in [0.25, 0.3) is 0 Å². The molecule has 23 heavy (non-hydrogen) atoms. The first kappa shape index (κ1) is 17.1. The van der Waals surface area contributed by atoms with Gasteiger partial charge in [0.15, 0.2) is 0 Å². The van der Waals surface area contributed by atoms with E-state index in [0.29, 0.717) is 0 Å². The molecule has 0 bridgehead atoms. The smallest absolute Gasteiger partial charge is 0.315 e. The van der Waals surface area contributed by atoms with Crippen molar-refractivity contribution < 1.29 is 4.79 Å². The molecule has 2 aromatic rings. The highest BCUT2D eigenvalue weighted by Crippen LogP contribution is 2.16. The number of benzene rings is 2. The summed E-state index contributed by atoms with van der Waals surface area (Å²) in [6, 6.07) is 18.5. The van der Waals surface area contributed by atoms with Crippen molar-refractivity contribution in [1.82, 2.24) is 10.6 Å². The molecule has 3 heteroatoms. The van der Waals surface area contributed by atoms with Crippen LogP contribution in [0, 0.1) is 6.92 Å². The average molecular weight is 310 g/mol. The number of amides is 2. The number of urea groups is 1. The van der Waals surface area contributed by atoms with E-state index in [9.17, 15) is 4.79 Å². The molecule has 2 aromatic carbocycles. The minimum absolute atomic E-state index is 0.00229. The number of hydrogen-bond donors (Lipinski definition) is 2. The summed E-state index contributed by atoms with van der Waals surface area (Å²) < 4.78 is 0. The van der Waals surface area contributed by atoms with Crippen LogP contribution in [0.4, 0.5) is 4.79 Å². The highest BCUT2D eigenvalue weighted by atomic mass is 16.2. The maximum Gasteiger partial charge on any atom is 0.315 e. The second-order valence-corrected chi connectivity index (χ2v) is 6.12. The summed E-state index contributed by atoms with van der Waals surface area (Å²) in [7, 11) is 0. The fourth-order valence-corrected chi connectivity index (χ4v) is 2.71. The van der Waals surface area contributed by atoms with Gasteiger partial charge in [0, 0.05) is 6.04 Å². The van der Waals surface area contributed by atoms with Gasteiger partial charge in [0.1, 0.15) is 0 Å². The molecule has 2 amide bonds. The Hall–Kier alpha value is -2.29. The molecule has 0 spiro atoms. The van der Waals surface area contributed by atoms with Crippen LogP contribution >= 0.6 is 0 Å². The zero-order valence-electron chi connectivity index (χ0n) is 14.2. The minimum Gasteiger partial charge on any atom is -0.336 e. The lowest BCUT2D eigenvalue weighted by Crippen LogP contribution is -2.42. The van der Waals surface area contributed by atoms with E-state index < -0.39 is 0 Å². The van der Waals surface area contributed by atoms with E-state index in [0.717, 1.165) is 18.4 Å². The Morgan fingerprint density at radius 2 is 1.61 bits per heavy atom. The Balaban J connectivity index is 1.79. The fourth-order valence-electron chi connectivity index (χ4n) is 2.71. The molecule has 0 saturated heterocycles. The van der Waals surface area contributed by atoms with Crippen LogP contribution < -0.4 is 10.6 Å². The van der Waals surface area contributed by atoms with Gasteiger partial charge in [0.2, 0.25) is 0 Å². The predicted molar refractivity (Wildman–Crippen MR) is 95.5 cm³/mol. The molecular weight excluding hydrogens is 284 g/mol. The Morgan fingerprint density at radius 3 is 2.30 bits per heavy atom. The number of aryl methyl sites for hydroxylation is 2. The molecule has 122 valence electrons. The SMILES string of the molecule is Cc1ccccc1[C@@H](C)NC(=O)N[C@@H](C)CCc1ccccc1. The number of nitrogens with one attached hydrogen (secondary N) is 2. The van der Waals surface area contributed by atoms with Crippen LogP contribution in [0.5, 0.6) is 0 Å². The van der Waals surface area contributed by atoms with Gasteiger partial charge in [-0.2, -0.15) is 0 Å². The zero-order valence-corrected chi connectivity index (χ0v) is 14.2. The summed E-state index contributed by atoms with van der Waals surface area (Å²) in [4.78, 5) is 12.1. The maximum atomic E-state index is 12.1. The van der Waals surface area contributed by atoms with Crippen LogP contribution in [-0.2, 0) is 6.42 Å². The number of rotatable bonds is 6. The van der Waals surface area contributed by atoms with Crippen molar-refractivity contribution in [1.29, 1.82) is 0 Å². The molecule has 2 atom stereocenters. The lowest BCUT2D eigenvalue weighted by Gasteiger charge is -2.19. The molecule has 0 aliphatic carbocycles. The van der Waals surface area contributed by atoms with Crippen LogP contribution in [0.1, 0.15) is 43.0 Å². The summed E-state index contributed by atoms with van der Waals surface area (Å²) >= 11 is 0. The van der Waals surface area contributed by atoms with Crippen molar-refractivity contribution in [3.05, 3.63) is 71.3 Å². The van der Waals surface area contributed by atoms with Gasteiger partial charge in [-0.05, 0) is 50.3 Å². The highest BCUT2D eigenvalue weighted by molar-refractivity contribution is 5.74. The minimum atomic E-state index is -0.110. The highest BCUT2D eigenvalue weighted by Gasteiger charge is 2.13. The largest absolute Gasteiger partial charge is 0.336 e. The maximum absolute atomic E-state index is 12.1. The fraction of sp³-hybridized carbons (Fsp3) is 0.350. The standard InChI is InChI=1S/C20H26N2O/c1-15-9-7-8-12-19(15)17(3)22-20(23)21-16(2)13-14-18-10-5-4-6-11-18/h4-12,16-17H,13-14H2,1-3H3,(H2,21,22,23)/t16-,17+/m0/s1. The van der Waals surface area contributed by atoms with Crippen LogP contribution in [0.3, 0.4) is 0 Å². The summed E-state index contributed by atoms with van der Waals surface area (Å²) in [6.45, 7) is 6.12. The third kappa shape index (κ3) is 5.44. The molecule has 0 unspecified atom stereocenters. The molecular formula is C20H26N2O. The monoisotopic (exact) mass is 310 g/mol. The van der Waals surface area contributed by atoms with Crippen molar-refractivity contribution in [3.8, 4) is 0 Å². The van der Waals surface area contributed by atoms with Crippen LogP contribution in [-0.4, -0.2) is 12.1 Å². The predicted octanol–water partition coefficient (Wildman–Crippen LogP) is 4.38. The summed E-state index contributed by atoms with van der Waals surface area (Å²) in [6.07, 6.45) is 1.89. The summed E-state index contributed by atoms with van der Waals surface area (Å²) in [5.41, 5.74) is 3.65. The van der Waals surface area contributed by atoms with Gasteiger partial charge >= 0.3 is 6.03 Å². The van der Waals surface area contributed by atoms with E-state index in [-0.39, 0.29) is 18.1 Å². The van der Waals surface area contributed by atoms with Gasteiger partial charge in [-0.3, -0.25) is 0 Å². The van der Waals surface area contributed by atoms with Crippen LogP contribution in [0.2, 0.25) is 0 Å². The van der Waals surface area contributed by atoms with E-state index in [1.54, 1.807) is 0 Å². The van der Waals surface area contributed by atoms with Gasteiger partial charge in [0.25, 0.3) is 0 Å². The first-order chi connectivity index (χ1) is 11.1. The molecule has 2 rings (SSSR count). The van der Waals surface area contributed by atoms with Crippen molar-refractivity contribution in [2.45, 2.75) is 45.7 Å². The Kier molecular flexibility index (Phi) is 6.21. The molecule has 0 heterocycles. The van der Waals surface area contributed by atoms with E-state index in [2.05, 4.69) is 41.8 Å². The third-order valence-electron chi connectivity index (χ3n) is 4.09. The quantitative estimate of drug-likeness (QED) is 0.817. The second kappa shape index (κ2) is 8.37. The van der Waals surface area contributed by atoms with Gasteiger partial charge in [-0.1, -0.05) is 54.6 Å². The van der Waals surface area contributed by atoms with Gasteiger partial charge in [-0.25, -0.2) is 4.79 Å². The summed E-state index contributed by atoms with van der Waals surface area (Å²) in [5, 5.41) is 6.04. The topological polar surface area (TPSA) is 41.1 Å². The molecule has 3 nitrogen and oxygen atoms in total. The van der Waals surface area contributed by atoms with E-state index >= 15 is 0 Å². The molecule has 0 aliphatic heterocycles. The van der Waals surface area contributed by atoms with Crippen molar-refractivity contribution >= 4 is 6.03 Å². The summed E-state index contributed by atoms with van der Waals surface area (Å²) in [5.74, 6) is 0. The lowest BCUT2D eigenvalue weighted by molar-refractivity contribution is 0.234. The van der Waals surface area contributed by atoms with Gasteiger partial charge in [-0.15, -0.1) is 0 Å². The van der Waals surface area contributed by atoms with Crippen molar-refractivity contribution in [2.24, 2.45) is 0 Å².